The number of benzene rings is 9. The highest BCUT2D eigenvalue weighted by atomic mass is 16.5. The van der Waals surface area contributed by atoms with Crippen LogP contribution in [-0.2, 0) is 16.2 Å². The van der Waals surface area contributed by atoms with Gasteiger partial charge in [0.25, 0.3) is 0 Å². The summed E-state index contributed by atoms with van der Waals surface area (Å²) in [5.41, 5.74) is 21.3. The minimum absolute atomic E-state index is 0.0684. The van der Waals surface area contributed by atoms with E-state index in [2.05, 4.69) is 289 Å². The van der Waals surface area contributed by atoms with Crippen molar-refractivity contribution in [2.45, 2.75) is 78.6 Å². The molecule has 77 heavy (non-hydrogen) atoms. The predicted octanol–water partition coefficient (Wildman–Crippen LogP) is 19.8. The Hall–Kier alpha value is -8.67. The van der Waals surface area contributed by atoms with E-state index in [0.29, 0.717) is 6.67 Å². The molecule has 5 heteroatoms. The summed E-state index contributed by atoms with van der Waals surface area (Å²) < 4.78 is 9.56. The molecular weight excluding hydrogens is 937 g/mol. The number of para-hydroxylation sites is 3. The van der Waals surface area contributed by atoms with Crippen molar-refractivity contribution in [1.82, 2.24) is 9.55 Å². The first-order valence-corrected chi connectivity index (χ1v) is 27.1. The number of rotatable bonds is 2. The van der Waals surface area contributed by atoms with Gasteiger partial charge in [-0.2, -0.15) is 0 Å². The van der Waals surface area contributed by atoms with Crippen molar-refractivity contribution in [2.75, 3.05) is 16.5 Å². The van der Waals surface area contributed by atoms with E-state index in [-0.39, 0.29) is 16.2 Å². The molecule has 378 valence electrons. The summed E-state index contributed by atoms with van der Waals surface area (Å²) >= 11 is 0. The van der Waals surface area contributed by atoms with Gasteiger partial charge in [-0.1, -0.05) is 196 Å². The zero-order valence-electron chi connectivity index (χ0n) is 45.6. The van der Waals surface area contributed by atoms with Crippen LogP contribution in [0.4, 0.5) is 22.7 Å². The van der Waals surface area contributed by atoms with Crippen LogP contribution in [0.15, 0.2) is 212 Å². The van der Waals surface area contributed by atoms with Crippen LogP contribution in [0.3, 0.4) is 0 Å². The summed E-state index contributed by atoms with van der Waals surface area (Å²) in [5, 5.41) is 2.29. The fraction of sp³-hybridized carbons (Fsp3) is 0.181. The minimum atomic E-state index is -0.179. The average molecular weight is 1000 g/mol. The maximum Gasteiger partial charge on any atom is 0.138 e. The molecule has 10 bridgehead atoms. The van der Waals surface area contributed by atoms with Gasteiger partial charge in [-0.3, -0.25) is 4.57 Å². The standard InChI is InChI=1S/C72H64N4O/c1-70(2,3)51-32-29-46(30-33-51)48-31-36-64-62(38-48)60-35-34-55-44-67(60)76(64)68-42-53(72(7,8)9)41-63(73-68)50-22-17-21-49(37-50)57-23-13-14-24-59(57)61-26-18-25-58(47-19-11-10-12-20-47)69(61)75-45-74(65-27-15-16-28-66(65)75)54-39-52(71(4,5)6)40-56(43-54)77-55/h10-44H,45H2,1-9H3. The molecule has 0 atom stereocenters. The van der Waals surface area contributed by atoms with Crippen LogP contribution in [0.5, 0.6) is 11.5 Å². The summed E-state index contributed by atoms with van der Waals surface area (Å²) in [6, 6.07) is 78.4. The molecule has 0 radical (unpaired) electrons. The Labute approximate surface area is 453 Å². The first-order valence-electron chi connectivity index (χ1n) is 27.1. The molecule has 2 aliphatic rings. The summed E-state index contributed by atoms with van der Waals surface area (Å²) in [5.74, 6) is 2.40. The number of fused-ring (bicyclic) bond motifs is 23. The zero-order valence-corrected chi connectivity index (χ0v) is 45.6. The molecule has 0 aliphatic carbocycles. The maximum absolute atomic E-state index is 7.20. The SMILES string of the molecule is CC(C)(C)c1ccc(-c2ccc3c(c2)c2ccc4cc2n3-c2cc(C(C)(C)C)cc(n2)-c2cccc(c2)-c2ccccc2-c2cccc(-c3ccccc3)c2N2CN(c3cc(cc(C(C)(C)C)c3)O4)c3ccccc32)cc1. The monoisotopic (exact) mass is 1000 g/mol. The lowest BCUT2D eigenvalue weighted by Crippen LogP contribution is -2.25. The van der Waals surface area contributed by atoms with Crippen molar-refractivity contribution >= 4 is 44.6 Å². The third-order valence-electron chi connectivity index (χ3n) is 15.9. The van der Waals surface area contributed by atoms with Gasteiger partial charge in [0.2, 0.25) is 0 Å². The Balaban J connectivity index is 1.09. The lowest BCUT2D eigenvalue weighted by molar-refractivity contribution is 0.479. The van der Waals surface area contributed by atoms with Crippen LogP contribution in [0.2, 0.25) is 0 Å². The number of aromatic nitrogens is 2. The fourth-order valence-electron chi connectivity index (χ4n) is 11.6. The van der Waals surface area contributed by atoms with Crippen LogP contribution in [0, 0.1) is 0 Å². The van der Waals surface area contributed by atoms with Crippen molar-refractivity contribution in [3.63, 3.8) is 0 Å². The molecule has 0 saturated carbocycles. The first kappa shape index (κ1) is 48.0. The van der Waals surface area contributed by atoms with Gasteiger partial charge in [-0.05, 0) is 133 Å². The van der Waals surface area contributed by atoms with Gasteiger partial charge in [0.05, 0.1) is 33.8 Å². The molecule has 13 rings (SSSR count). The fourth-order valence-corrected chi connectivity index (χ4v) is 11.6. The largest absolute Gasteiger partial charge is 0.457 e. The first-order chi connectivity index (χ1) is 37.0. The number of nitrogens with zero attached hydrogens (tertiary/aromatic N) is 4. The number of ether oxygens (including phenoxy) is 1. The molecule has 0 amide bonds. The van der Waals surface area contributed by atoms with Crippen molar-refractivity contribution in [2.24, 2.45) is 0 Å². The Morgan fingerprint density at radius 3 is 1.75 bits per heavy atom. The van der Waals surface area contributed by atoms with E-state index in [1.165, 1.54) is 33.4 Å². The zero-order chi connectivity index (χ0) is 53.0. The Bertz CT molecular complexity index is 4110. The maximum atomic E-state index is 7.20. The second-order valence-electron chi connectivity index (χ2n) is 24.2. The summed E-state index contributed by atoms with van der Waals surface area (Å²) in [7, 11) is 0. The molecule has 5 nitrogen and oxygen atoms in total. The van der Waals surface area contributed by atoms with Crippen molar-refractivity contribution in [1.29, 1.82) is 0 Å². The highest BCUT2D eigenvalue weighted by Crippen LogP contribution is 2.52. The number of hydrogen-bond acceptors (Lipinski definition) is 4. The lowest BCUT2D eigenvalue weighted by Gasteiger charge is -2.29. The van der Waals surface area contributed by atoms with E-state index in [4.69, 9.17) is 9.72 Å². The summed E-state index contributed by atoms with van der Waals surface area (Å²) in [4.78, 5) is 10.7. The van der Waals surface area contributed by atoms with E-state index >= 15 is 0 Å². The predicted molar refractivity (Wildman–Crippen MR) is 324 cm³/mol. The van der Waals surface area contributed by atoms with E-state index in [0.717, 1.165) is 101 Å². The van der Waals surface area contributed by atoms with Crippen LogP contribution < -0.4 is 14.5 Å². The second-order valence-corrected chi connectivity index (χ2v) is 24.2. The molecule has 0 spiro atoms. The summed E-state index contributed by atoms with van der Waals surface area (Å²) in [6.07, 6.45) is 0. The van der Waals surface area contributed by atoms with Gasteiger partial charge in [0, 0.05) is 45.3 Å². The van der Waals surface area contributed by atoms with Crippen LogP contribution >= 0.6 is 0 Å². The van der Waals surface area contributed by atoms with Gasteiger partial charge in [-0.15, -0.1) is 0 Å². The van der Waals surface area contributed by atoms with Crippen molar-refractivity contribution in [3.8, 4) is 73.1 Å². The molecule has 2 aliphatic heterocycles. The Morgan fingerprint density at radius 1 is 0.377 bits per heavy atom. The highest BCUT2D eigenvalue weighted by molar-refractivity contribution is 6.11. The van der Waals surface area contributed by atoms with Gasteiger partial charge < -0.3 is 14.5 Å². The normalized spacial score (nSPS) is 13.3. The van der Waals surface area contributed by atoms with E-state index in [1.807, 2.05) is 0 Å². The lowest BCUT2D eigenvalue weighted by atomic mass is 9.86. The van der Waals surface area contributed by atoms with Gasteiger partial charge in [-0.25, -0.2) is 4.98 Å². The van der Waals surface area contributed by atoms with Gasteiger partial charge in [0.15, 0.2) is 0 Å². The van der Waals surface area contributed by atoms with Gasteiger partial charge in [0.1, 0.15) is 24.0 Å². The third kappa shape index (κ3) is 8.55. The Morgan fingerprint density at radius 2 is 1.00 bits per heavy atom. The number of pyridine rings is 1. The molecule has 0 saturated heterocycles. The summed E-state index contributed by atoms with van der Waals surface area (Å²) in [6.45, 7) is 21.1. The highest BCUT2D eigenvalue weighted by Gasteiger charge is 2.33. The second kappa shape index (κ2) is 18.0. The minimum Gasteiger partial charge on any atom is -0.457 e. The molecule has 11 aromatic rings. The topological polar surface area (TPSA) is 33.5 Å². The van der Waals surface area contributed by atoms with Crippen LogP contribution in [0.1, 0.15) is 79.0 Å². The molecule has 9 aromatic carbocycles. The average Bonchev–Trinajstić information content (AvgIpc) is 4.01. The van der Waals surface area contributed by atoms with Crippen LogP contribution in [-0.4, -0.2) is 16.2 Å². The molecule has 0 unspecified atom stereocenters. The Kier molecular flexibility index (Phi) is 11.2. The van der Waals surface area contributed by atoms with E-state index < -0.39 is 0 Å². The van der Waals surface area contributed by atoms with E-state index in [9.17, 15) is 0 Å². The smallest absolute Gasteiger partial charge is 0.138 e. The van der Waals surface area contributed by atoms with Crippen molar-refractivity contribution < 1.29 is 4.74 Å². The van der Waals surface area contributed by atoms with Gasteiger partial charge >= 0.3 is 0 Å². The quantitative estimate of drug-likeness (QED) is 0.173. The van der Waals surface area contributed by atoms with E-state index in [1.54, 1.807) is 0 Å². The molecule has 0 fully saturated rings. The van der Waals surface area contributed by atoms with Crippen molar-refractivity contribution in [3.05, 3.63) is 229 Å². The number of hydrogen-bond donors (Lipinski definition) is 0. The molecule has 2 aromatic heterocycles. The molecule has 0 N–H and O–H groups in total. The molecular formula is C72H64N4O. The van der Waals surface area contributed by atoms with Crippen LogP contribution in [0.25, 0.3) is 83.4 Å². The third-order valence-corrected chi connectivity index (χ3v) is 15.9. The molecule has 4 heterocycles. The number of anilines is 4.